The molecule has 0 unspecified atom stereocenters. The van der Waals surface area contributed by atoms with Crippen molar-refractivity contribution in [3.63, 3.8) is 0 Å². The minimum atomic E-state index is -0.508. The zero-order chi connectivity index (χ0) is 19.3. The Kier molecular flexibility index (Phi) is 6.22. The van der Waals surface area contributed by atoms with Gasteiger partial charge in [0.1, 0.15) is 0 Å². The first kappa shape index (κ1) is 19.3. The Bertz CT molecular complexity index is 796. The zero-order valence-corrected chi connectivity index (χ0v) is 16.5. The van der Waals surface area contributed by atoms with Crippen LogP contribution in [0.5, 0.6) is 11.5 Å². The number of anilines is 1. The molecule has 0 aliphatic carbocycles. The smallest absolute Gasteiger partial charge is 0.231 e. The number of aliphatic hydroxyl groups excluding tert-OH is 1. The van der Waals surface area contributed by atoms with E-state index in [0.717, 1.165) is 54.0 Å². The summed E-state index contributed by atoms with van der Waals surface area (Å²) in [4.78, 5) is 4.60. The summed E-state index contributed by atoms with van der Waals surface area (Å²) in [5.74, 6) is 1.51. The number of halogens is 1. The van der Waals surface area contributed by atoms with E-state index in [1.165, 1.54) is 0 Å². The second-order valence-corrected chi connectivity index (χ2v) is 7.56. The van der Waals surface area contributed by atoms with Crippen molar-refractivity contribution in [2.45, 2.75) is 12.7 Å². The number of ether oxygens (including phenoxy) is 3. The van der Waals surface area contributed by atoms with Crippen LogP contribution >= 0.6 is 11.6 Å². The molecule has 2 aliphatic rings. The Labute approximate surface area is 170 Å². The predicted octanol–water partition coefficient (Wildman–Crippen LogP) is 2.77. The molecule has 0 saturated carbocycles. The second-order valence-electron chi connectivity index (χ2n) is 7.12. The van der Waals surface area contributed by atoms with Gasteiger partial charge in [0.05, 0.1) is 19.3 Å². The summed E-state index contributed by atoms with van der Waals surface area (Å²) in [5, 5.41) is 11.1. The van der Waals surface area contributed by atoms with Crippen LogP contribution in [0.25, 0.3) is 0 Å². The molecule has 4 rings (SSSR count). The largest absolute Gasteiger partial charge is 0.454 e. The number of piperazine rings is 1. The lowest BCUT2D eigenvalue weighted by Crippen LogP contribution is -2.49. The first-order valence-corrected chi connectivity index (χ1v) is 9.92. The fourth-order valence-corrected chi connectivity index (χ4v) is 3.74. The van der Waals surface area contributed by atoms with Crippen LogP contribution in [-0.4, -0.2) is 62.2 Å². The van der Waals surface area contributed by atoms with Crippen molar-refractivity contribution in [2.24, 2.45) is 0 Å². The molecule has 2 heterocycles. The van der Waals surface area contributed by atoms with E-state index in [0.29, 0.717) is 19.8 Å². The molecule has 7 heteroatoms. The number of benzene rings is 2. The van der Waals surface area contributed by atoms with Crippen molar-refractivity contribution < 1.29 is 19.3 Å². The van der Waals surface area contributed by atoms with E-state index in [1.807, 2.05) is 36.4 Å². The molecule has 28 heavy (non-hydrogen) atoms. The molecule has 1 saturated heterocycles. The molecule has 0 amide bonds. The Balaban J connectivity index is 1.17. The van der Waals surface area contributed by atoms with Crippen LogP contribution in [0.3, 0.4) is 0 Å². The standard InChI is InChI=1S/C21H25ClN2O4/c22-17-2-1-3-18(11-17)24-8-6-23(7-9-24)12-19(25)14-26-13-16-4-5-20-21(10-16)28-15-27-20/h1-5,10-11,19,25H,6-9,12-15H2/t19-/m0/s1. The van der Waals surface area contributed by atoms with Gasteiger partial charge in [0.2, 0.25) is 6.79 Å². The predicted molar refractivity (Wildman–Crippen MR) is 108 cm³/mol. The van der Waals surface area contributed by atoms with Gasteiger partial charge in [-0.3, -0.25) is 4.90 Å². The highest BCUT2D eigenvalue weighted by Crippen LogP contribution is 2.32. The maximum atomic E-state index is 10.3. The summed E-state index contributed by atoms with van der Waals surface area (Å²) in [5.41, 5.74) is 2.16. The zero-order valence-electron chi connectivity index (χ0n) is 15.7. The number of aliphatic hydroxyl groups is 1. The molecule has 150 valence electrons. The molecule has 2 aromatic carbocycles. The fraction of sp³-hybridized carbons (Fsp3) is 0.429. The summed E-state index contributed by atoms with van der Waals surface area (Å²) < 4.78 is 16.4. The monoisotopic (exact) mass is 404 g/mol. The van der Waals surface area contributed by atoms with E-state index in [1.54, 1.807) is 0 Å². The molecule has 1 N–H and O–H groups in total. The van der Waals surface area contributed by atoms with Crippen LogP contribution in [-0.2, 0) is 11.3 Å². The van der Waals surface area contributed by atoms with E-state index in [4.69, 9.17) is 25.8 Å². The van der Waals surface area contributed by atoms with Gasteiger partial charge in [-0.25, -0.2) is 0 Å². The van der Waals surface area contributed by atoms with Gasteiger partial charge in [-0.15, -0.1) is 0 Å². The van der Waals surface area contributed by atoms with Gasteiger partial charge < -0.3 is 24.2 Å². The van der Waals surface area contributed by atoms with E-state index in [2.05, 4.69) is 15.9 Å². The quantitative estimate of drug-likeness (QED) is 0.765. The van der Waals surface area contributed by atoms with Crippen LogP contribution in [0.4, 0.5) is 5.69 Å². The number of rotatable bonds is 7. The number of hydrogen-bond acceptors (Lipinski definition) is 6. The Hall–Kier alpha value is -1.99. The van der Waals surface area contributed by atoms with Crippen LogP contribution in [0, 0.1) is 0 Å². The lowest BCUT2D eigenvalue weighted by atomic mass is 10.2. The minimum Gasteiger partial charge on any atom is -0.454 e. The molecule has 1 atom stereocenters. The van der Waals surface area contributed by atoms with Gasteiger partial charge in [-0.1, -0.05) is 23.7 Å². The van der Waals surface area contributed by atoms with Gasteiger partial charge >= 0.3 is 0 Å². The molecule has 0 bridgehead atoms. The Morgan fingerprint density at radius 1 is 1.04 bits per heavy atom. The molecule has 0 spiro atoms. The highest BCUT2D eigenvalue weighted by molar-refractivity contribution is 6.30. The summed E-state index contributed by atoms with van der Waals surface area (Å²) in [6.07, 6.45) is -0.508. The van der Waals surface area contributed by atoms with Crippen LogP contribution in [0.15, 0.2) is 42.5 Å². The topological polar surface area (TPSA) is 54.4 Å². The van der Waals surface area contributed by atoms with E-state index in [-0.39, 0.29) is 6.79 Å². The minimum absolute atomic E-state index is 0.267. The lowest BCUT2D eigenvalue weighted by molar-refractivity contribution is 0.00911. The number of fused-ring (bicyclic) bond motifs is 1. The number of nitrogens with zero attached hydrogens (tertiary/aromatic N) is 2. The third-order valence-electron chi connectivity index (χ3n) is 5.03. The van der Waals surface area contributed by atoms with Crippen molar-refractivity contribution in [2.75, 3.05) is 51.0 Å². The summed E-state index contributed by atoms with van der Waals surface area (Å²) in [6.45, 7) is 5.29. The van der Waals surface area contributed by atoms with E-state index >= 15 is 0 Å². The summed E-state index contributed by atoms with van der Waals surface area (Å²) >= 11 is 6.08. The van der Waals surface area contributed by atoms with E-state index < -0.39 is 6.10 Å². The van der Waals surface area contributed by atoms with Crippen LogP contribution in [0.2, 0.25) is 5.02 Å². The van der Waals surface area contributed by atoms with Crippen molar-refractivity contribution in [1.29, 1.82) is 0 Å². The molecule has 1 fully saturated rings. The van der Waals surface area contributed by atoms with Crippen molar-refractivity contribution in [3.8, 4) is 11.5 Å². The van der Waals surface area contributed by atoms with Crippen LogP contribution in [0.1, 0.15) is 5.56 Å². The Morgan fingerprint density at radius 2 is 1.86 bits per heavy atom. The summed E-state index contributed by atoms with van der Waals surface area (Å²) in [6, 6.07) is 13.7. The average molecular weight is 405 g/mol. The van der Waals surface area contributed by atoms with Crippen molar-refractivity contribution in [1.82, 2.24) is 4.90 Å². The van der Waals surface area contributed by atoms with Gasteiger partial charge in [0.25, 0.3) is 0 Å². The van der Waals surface area contributed by atoms with Crippen LogP contribution < -0.4 is 14.4 Å². The SMILES string of the molecule is O[C@H](COCc1ccc2c(c1)OCO2)CN1CCN(c2cccc(Cl)c2)CC1. The maximum absolute atomic E-state index is 10.3. The molecule has 0 radical (unpaired) electrons. The van der Waals surface area contributed by atoms with Gasteiger partial charge in [-0.05, 0) is 35.9 Å². The number of hydrogen-bond donors (Lipinski definition) is 1. The molecule has 0 aromatic heterocycles. The Morgan fingerprint density at radius 3 is 2.68 bits per heavy atom. The summed E-state index contributed by atoms with van der Waals surface area (Å²) in [7, 11) is 0. The second kappa shape index (κ2) is 9.01. The van der Waals surface area contributed by atoms with Gasteiger partial charge in [0, 0.05) is 43.4 Å². The third kappa shape index (κ3) is 4.89. The normalized spacial score (nSPS) is 17.7. The first-order chi connectivity index (χ1) is 13.7. The first-order valence-electron chi connectivity index (χ1n) is 9.54. The highest BCUT2D eigenvalue weighted by atomic mass is 35.5. The average Bonchev–Trinajstić information content (AvgIpc) is 3.16. The fourth-order valence-electron chi connectivity index (χ4n) is 3.56. The number of β-amino-alcohol motifs (C(OH)–C–C–N with tert-alkyl or cyclic N) is 1. The van der Waals surface area contributed by atoms with Crippen molar-refractivity contribution in [3.05, 3.63) is 53.1 Å². The molecular formula is C21H25ClN2O4. The maximum Gasteiger partial charge on any atom is 0.231 e. The lowest BCUT2D eigenvalue weighted by Gasteiger charge is -2.36. The molecule has 2 aliphatic heterocycles. The molecule has 6 nitrogen and oxygen atoms in total. The molecular weight excluding hydrogens is 380 g/mol. The van der Waals surface area contributed by atoms with Gasteiger partial charge in [0.15, 0.2) is 11.5 Å². The third-order valence-corrected chi connectivity index (χ3v) is 5.27. The van der Waals surface area contributed by atoms with E-state index in [9.17, 15) is 5.11 Å². The van der Waals surface area contributed by atoms with Gasteiger partial charge in [-0.2, -0.15) is 0 Å². The highest BCUT2D eigenvalue weighted by Gasteiger charge is 2.20. The van der Waals surface area contributed by atoms with Crippen molar-refractivity contribution >= 4 is 17.3 Å². The molecule has 2 aromatic rings.